The molecule has 0 amide bonds. The summed E-state index contributed by atoms with van der Waals surface area (Å²) < 4.78 is 36.0. The maximum absolute atomic E-state index is 12.1. The van der Waals surface area contributed by atoms with Gasteiger partial charge in [-0.25, -0.2) is 13.2 Å². The molecule has 2 saturated heterocycles. The number of hydrogen-bond donors (Lipinski definition) is 1. The van der Waals surface area contributed by atoms with Crippen molar-refractivity contribution < 1.29 is 27.8 Å². The third-order valence-electron chi connectivity index (χ3n) is 3.38. The van der Waals surface area contributed by atoms with E-state index in [-0.39, 0.29) is 24.9 Å². The average molecular weight is 293 g/mol. The lowest BCUT2D eigenvalue weighted by molar-refractivity contribution is -0.157. The van der Waals surface area contributed by atoms with Gasteiger partial charge in [-0.05, 0) is 19.8 Å². The summed E-state index contributed by atoms with van der Waals surface area (Å²) in [5, 5.41) is 8.54. The van der Waals surface area contributed by atoms with E-state index >= 15 is 0 Å². The van der Waals surface area contributed by atoms with Crippen molar-refractivity contribution in [3.05, 3.63) is 0 Å². The molecule has 2 rings (SSSR count). The molecule has 0 aromatic heterocycles. The lowest BCUT2D eigenvalue weighted by Crippen LogP contribution is -2.64. The molecule has 0 aromatic carbocycles. The van der Waals surface area contributed by atoms with Crippen LogP contribution in [0.4, 0.5) is 0 Å². The van der Waals surface area contributed by atoms with Crippen molar-refractivity contribution in [1.29, 1.82) is 0 Å². The second kappa shape index (κ2) is 5.35. The zero-order valence-electron chi connectivity index (χ0n) is 10.9. The minimum absolute atomic E-state index is 0.00199. The van der Waals surface area contributed by atoms with Crippen LogP contribution in [0.3, 0.4) is 0 Å². The van der Waals surface area contributed by atoms with E-state index in [1.165, 1.54) is 4.31 Å². The third kappa shape index (κ3) is 3.65. The summed E-state index contributed by atoms with van der Waals surface area (Å²) in [6.45, 7) is 2.34. The number of rotatable bonds is 6. The van der Waals surface area contributed by atoms with Crippen molar-refractivity contribution in [1.82, 2.24) is 4.31 Å². The van der Waals surface area contributed by atoms with Crippen LogP contribution < -0.4 is 0 Å². The predicted octanol–water partition coefficient (Wildman–Crippen LogP) is -0.329. The van der Waals surface area contributed by atoms with Gasteiger partial charge in [0, 0.05) is 19.7 Å². The Bertz CT molecular complexity index is 436. The number of carbonyl (C=O) groups is 1. The first-order chi connectivity index (χ1) is 8.81. The molecule has 0 aromatic rings. The van der Waals surface area contributed by atoms with E-state index in [0.29, 0.717) is 6.61 Å². The van der Waals surface area contributed by atoms with Gasteiger partial charge in [-0.2, -0.15) is 4.31 Å². The molecule has 2 aliphatic rings. The van der Waals surface area contributed by atoms with E-state index in [0.717, 1.165) is 12.8 Å². The Hall–Kier alpha value is -0.700. The highest BCUT2D eigenvalue weighted by molar-refractivity contribution is 7.89. The fourth-order valence-electron chi connectivity index (χ4n) is 2.34. The monoisotopic (exact) mass is 293 g/mol. The SMILES string of the molecule is CC1(OCC(=O)O)CN(S(=O)(=O)CC2CCCO2)C1. The summed E-state index contributed by atoms with van der Waals surface area (Å²) in [7, 11) is -3.34. The molecule has 0 saturated carbocycles. The Labute approximate surface area is 112 Å². The highest BCUT2D eigenvalue weighted by Gasteiger charge is 2.46. The standard InChI is InChI=1S/C11H19NO6S/c1-11(18-5-10(13)14)7-12(8-11)19(15,16)6-9-3-2-4-17-9/h9H,2-8H2,1H3,(H,13,14). The molecular weight excluding hydrogens is 274 g/mol. The number of ether oxygens (including phenoxy) is 2. The van der Waals surface area contributed by atoms with Crippen LogP contribution in [0.2, 0.25) is 0 Å². The molecule has 7 nitrogen and oxygen atoms in total. The molecule has 110 valence electrons. The van der Waals surface area contributed by atoms with Crippen LogP contribution in [-0.2, 0) is 24.3 Å². The number of hydrogen-bond acceptors (Lipinski definition) is 5. The minimum Gasteiger partial charge on any atom is -0.480 e. The Morgan fingerprint density at radius 1 is 1.53 bits per heavy atom. The number of sulfonamides is 1. The van der Waals surface area contributed by atoms with Gasteiger partial charge in [0.05, 0.1) is 17.5 Å². The Morgan fingerprint density at radius 2 is 2.21 bits per heavy atom. The summed E-state index contributed by atoms with van der Waals surface area (Å²) >= 11 is 0. The zero-order chi connectivity index (χ0) is 14.1. The molecule has 0 spiro atoms. The smallest absolute Gasteiger partial charge is 0.329 e. The Morgan fingerprint density at radius 3 is 2.74 bits per heavy atom. The van der Waals surface area contributed by atoms with Crippen molar-refractivity contribution in [2.45, 2.75) is 31.5 Å². The average Bonchev–Trinajstić information content (AvgIpc) is 2.74. The van der Waals surface area contributed by atoms with Gasteiger partial charge in [0.2, 0.25) is 10.0 Å². The molecule has 0 bridgehead atoms. The largest absolute Gasteiger partial charge is 0.480 e. The van der Waals surface area contributed by atoms with E-state index in [1.54, 1.807) is 6.92 Å². The van der Waals surface area contributed by atoms with Gasteiger partial charge in [-0.1, -0.05) is 0 Å². The van der Waals surface area contributed by atoms with Gasteiger partial charge in [-0.15, -0.1) is 0 Å². The summed E-state index contributed by atoms with van der Waals surface area (Å²) in [6, 6.07) is 0. The first kappa shape index (κ1) is 14.7. The molecule has 1 atom stereocenters. The van der Waals surface area contributed by atoms with E-state index in [2.05, 4.69) is 0 Å². The van der Waals surface area contributed by atoms with E-state index in [4.69, 9.17) is 14.6 Å². The number of nitrogens with zero attached hydrogens (tertiary/aromatic N) is 1. The van der Waals surface area contributed by atoms with Crippen LogP contribution in [0.1, 0.15) is 19.8 Å². The van der Waals surface area contributed by atoms with E-state index in [9.17, 15) is 13.2 Å². The second-order valence-electron chi connectivity index (χ2n) is 5.31. The first-order valence-corrected chi connectivity index (χ1v) is 7.87. The molecular formula is C11H19NO6S. The van der Waals surface area contributed by atoms with E-state index in [1.807, 2.05) is 0 Å². The molecule has 2 aliphatic heterocycles. The van der Waals surface area contributed by atoms with Gasteiger partial charge in [-0.3, -0.25) is 0 Å². The van der Waals surface area contributed by atoms with Crippen LogP contribution in [0.5, 0.6) is 0 Å². The highest BCUT2D eigenvalue weighted by Crippen LogP contribution is 2.28. The van der Waals surface area contributed by atoms with Crippen molar-refractivity contribution in [2.75, 3.05) is 32.1 Å². The van der Waals surface area contributed by atoms with Crippen molar-refractivity contribution in [3.63, 3.8) is 0 Å². The van der Waals surface area contributed by atoms with Crippen LogP contribution in [-0.4, -0.2) is 67.6 Å². The Kier molecular flexibility index (Phi) is 4.14. The number of carboxylic acid groups (broad SMARTS) is 1. The highest BCUT2D eigenvalue weighted by atomic mass is 32.2. The second-order valence-corrected chi connectivity index (χ2v) is 7.33. The number of aliphatic carboxylic acids is 1. The Balaban J connectivity index is 1.82. The quantitative estimate of drug-likeness (QED) is 0.721. The predicted molar refractivity (Wildman–Crippen MR) is 66.3 cm³/mol. The fourth-order valence-corrected chi connectivity index (χ4v) is 4.22. The van der Waals surface area contributed by atoms with Gasteiger partial charge in [0.25, 0.3) is 0 Å². The van der Waals surface area contributed by atoms with Crippen LogP contribution in [0.15, 0.2) is 0 Å². The molecule has 2 heterocycles. The molecule has 0 radical (unpaired) electrons. The van der Waals surface area contributed by atoms with Crippen LogP contribution >= 0.6 is 0 Å². The zero-order valence-corrected chi connectivity index (χ0v) is 11.7. The minimum atomic E-state index is -3.34. The molecule has 8 heteroatoms. The van der Waals surface area contributed by atoms with Gasteiger partial charge in [0.1, 0.15) is 6.61 Å². The van der Waals surface area contributed by atoms with E-state index < -0.39 is 28.2 Å². The van der Waals surface area contributed by atoms with Crippen LogP contribution in [0.25, 0.3) is 0 Å². The van der Waals surface area contributed by atoms with Crippen molar-refractivity contribution in [3.8, 4) is 0 Å². The van der Waals surface area contributed by atoms with Crippen LogP contribution in [0, 0.1) is 0 Å². The topological polar surface area (TPSA) is 93.1 Å². The summed E-state index contributed by atoms with van der Waals surface area (Å²) in [4.78, 5) is 10.4. The fraction of sp³-hybridized carbons (Fsp3) is 0.909. The lowest BCUT2D eigenvalue weighted by atomic mass is 10.0. The molecule has 1 unspecified atom stereocenters. The van der Waals surface area contributed by atoms with Gasteiger partial charge >= 0.3 is 5.97 Å². The van der Waals surface area contributed by atoms with Crippen molar-refractivity contribution in [2.24, 2.45) is 0 Å². The summed E-state index contributed by atoms with van der Waals surface area (Å²) in [5.41, 5.74) is -0.692. The molecule has 19 heavy (non-hydrogen) atoms. The summed E-state index contributed by atoms with van der Waals surface area (Å²) in [6.07, 6.45) is 1.47. The number of carboxylic acids is 1. The molecule has 2 fully saturated rings. The maximum Gasteiger partial charge on any atom is 0.329 e. The van der Waals surface area contributed by atoms with Gasteiger partial charge < -0.3 is 14.6 Å². The molecule has 0 aliphatic carbocycles. The molecule has 1 N–H and O–H groups in total. The normalized spacial score (nSPS) is 27.1. The van der Waals surface area contributed by atoms with Gasteiger partial charge in [0.15, 0.2) is 0 Å². The van der Waals surface area contributed by atoms with Crippen molar-refractivity contribution >= 4 is 16.0 Å². The lowest BCUT2D eigenvalue weighted by Gasteiger charge is -2.46. The third-order valence-corrected chi connectivity index (χ3v) is 5.22. The maximum atomic E-state index is 12.1. The summed E-state index contributed by atoms with van der Waals surface area (Å²) in [5.74, 6) is -1.05. The first-order valence-electron chi connectivity index (χ1n) is 6.26.